The number of ether oxygens (including phenoxy) is 1. The first-order valence-corrected chi connectivity index (χ1v) is 8.34. The highest BCUT2D eigenvalue weighted by Gasteiger charge is 2.33. The highest BCUT2D eigenvalue weighted by Crippen LogP contribution is 2.40. The molecule has 0 amide bonds. The fraction of sp³-hybridized carbons (Fsp3) is 0.158. The molecule has 0 saturated carbocycles. The second-order valence-electron chi connectivity index (χ2n) is 5.55. The Morgan fingerprint density at radius 2 is 2.00 bits per heavy atom. The molecule has 1 aliphatic rings. The van der Waals surface area contributed by atoms with Gasteiger partial charge in [-0.15, -0.1) is 11.3 Å². The van der Waals surface area contributed by atoms with Crippen molar-refractivity contribution in [2.75, 3.05) is 0 Å². The van der Waals surface area contributed by atoms with Gasteiger partial charge in [-0.05, 0) is 36.4 Å². The number of allylic oxidation sites excluding steroid dienone is 3. The molecule has 1 unspecified atom stereocenters. The Labute approximate surface area is 144 Å². The molecule has 2 heterocycles. The Bertz CT molecular complexity index is 884. The minimum atomic E-state index is -0.487. The van der Waals surface area contributed by atoms with Gasteiger partial charge in [0.2, 0.25) is 5.88 Å². The number of thiophene rings is 1. The third-order valence-corrected chi connectivity index (χ3v) is 4.95. The molecule has 0 saturated heterocycles. The lowest BCUT2D eigenvalue weighted by molar-refractivity contribution is -0.114. The van der Waals surface area contributed by atoms with Crippen LogP contribution >= 0.6 is 11.3 Å². The van der Waals surface area contributed by atoms with Crippen molar-refractivity contribution in [3.05, 3.63) is 70.1 Å². The SMILES string of the molecule is CC(=O)C1=C(C)OC(N)=C(C#N)C1c1ccc(-c2cccs2)cc1. The zero-order valence-corrected chi connectivity index (χ0v) is 14.2. The summed E-state index contributed by atoms with van der Waals surface area (Å²) in [6.07, 6.45) is 0. The molecular formula is C19H16N2O2S. The van der Waals surface area contributed by atoms with Gasteiger partial charge in [0, 0.05) is 10.5 Å². The van der Waals surface area contributed by atoms with Crippen LogP contribution in [-0.4, -0.2) is 5.78 Å². The van der Waals surface area contributed by atoms with Gasteiger partial charge in [-0.25, -0.2) is 0 Å². The van der Waals surface area contributed by atoms with Gasteiger partial charge < -0.3 is 10.5 Å². The van der Waals surface area contributed by atoms with Crippen LogP contribution in [0.15, 0.2) is 64.6 Å². The van der Waals surface area contributed by atoms with Crippen LogP contribution in [0.3, 0.4) is 0 Å². The number of ketones is 1. The van der Waals surface area contributed by atoms with Crippen molar-refractivity contribution in [3.8, 4) is 16.5 Å². The maximum Gasteiger partial charge on any atom is 0.205 e. The average Bonchev–Trinajstić information content (AvgIpc) is 3.08. The van der Waals surface area contributed by atoms with Crippen LogP contribution in [0.5, 0.6) is 0 Å². The van der Waals surface area contributed by atoms with Crippen LogP contribution < -0.4 is 5.73 Å². The molecule has 1 aromatic heterocycles. The monoisotopic (exact) mass is 336 g/mol. The molecule has 24 heavy (non-hydrogen) atoms. The van der Waals surface area contributed by atoms with E-state index in [4.69, 9.17) is 10.5 Å². The van der Waals surface area contributed by atoms with Crippen LogP contribution in [0.4, 0.5) is 0 Å². The van der Waals surface area contributed by atoms with E-state index in [0.29, 0.717) is 11.3 Å². The molecular weight excluding hydrogens is 320 g/mol. The van der Waals surface area contributed by atoms with Crippen molar-refractivity contribution in [3.63, 3.8) is 0 Å². The van der Waals surface area contributed by atoms with Crippen LogP contribution in [0.1, 0.15) is 25.3 Å². The van der Waals surface area contributed by atoms with Gasteiger partial charge in [-0.2, -0.15) is 5.26 Å². The summed E-state index contributed by atoms with van der Waals surface area (Å²) >= 11 is 1.66. The number of nitriles is 1. The molecule has 1 aromatic carbocycles. The lowest BCUT2D eigenvalue weighted by atomic mass is 9.81. The molecule has 0 aliphatic carbocycles. The maximum absolute atomic E-state index is 12.1. The Kier molecular flexibility index (Phi) is 4.24. The lowest BCUT2D eigenvalue weighted by Crippen LogP contribution is -2.23. The van der Waals surface area contributed by atoms with E-state index in [-0.39, 0.29) is 17.2 Å². The number of hydrogen-bond acceptors (Lipinski definition) is 5. The smallest absolute Gasteiger partial charge is 0.205 e. The second-order valence-corrected chi connectivity index (χ2v) is 6.50. The maximum atomic E-state index is 12.1. The Morgan fingerprint density at radius 1 is 1.29 bits per heavy atom. The van der Waals surface area contributed by atoms with Crippen molar-refractivity contribution in [2.24, 2.45) is 5.73 Å². The second kappa shape index (κ2) is 6.34. The van der Waals surface area contributed by atoms with Gasteiger partial charge in [0.25, 0.3) is 0 Å². The Morgan fingerprint density at radius 3 is 2.54 bits per heavy atom. The van der Waals surface area contributed by atoms with Crippen molar-refractivity contribution >= 4 is 17.1 Å². The summed E-state index contributed by atoms with van der Waals surface area (Å²) in [4.78, 5) is 13.3. The number of hydrogen-bond donors (Lipinski definition) is 1. The Balaban J connectivity index is 2.08. The molecule has 0 bridgehead atoms. The number of nitrogens with two attached hydrogens (primary N) is 1. The number of Topliss-reactive ketones (excluding diaryl/α,β-unsaturated/α-hetero) is 1. The molecule has 0 spiro atoms. The van der Waals surface area contributed by atoms with Crippen LogP contribution in [0, 0.1) is 11.3 Å². The highest BCUT2D eigenvalue weighted by atomic mass is 32.1. The van der Waals surface area contributed by atoms with E-state index in [1.54, 1.807) is 18.3 Å². The van der Waals surface area contributed by atoms with E-state index in [0.717, 1.165) is 11.1 Å². The molecule has 0 fully saturated rings. The normalized spacial score (nSPS) is 17.5. The predicted octanol–water partition coefficient (Wildman–Crippen LogP) is 4.09. The first-order valence-electron chi connectivity index (χ1n) is 7.46. The van der Waals surface area contributed by atoms with E-state index in [2.05, 4.69) is 12.1 Å². The summed E-state index contributed by atoms with van der Waals surface area (Å²) in [5, 5.41) is 11.5. The molecule has 2 aromatic rings. The fourth-order valence-electron chi connectivity index (χ4n) is 2.95. The number of benzene rings is 1. The van der Waals surface area contributed by atoms with E-state index in [9.17, 15) is 10.1 Å². The van der Waals surface area contributed by atoms with Gasteiger partial charge in [0.05, 0.1) is 5.92 Å². The van der Waals surface area contributed by atoms with E-state index < -0.39 is 5.92 Å². The summed E-state index contributed by atoms with van der Waals surface area (Å²) in [7, 11) is 0. The third kappa shape index (κ3) is 2.72. The molecule has 4 nitrogen and oxygen atoms in total. The number of rotatable bonds is 3. The largest absolute Gasteiger partial charge is 0.445 e. The first-order chi connectivity index (χ1) is 11.5. The van der Waals surface area contributed by atoms with Crippen LogP contribution in [-0.2, 0) is 9.53 Å². The van der Waals surface area contributed by atoms with Gasteiger partial charge in [-0.1, -0.05) is 30.3 Å². The summed E-state index contributed by atoms with van der Waals surface area (Å²) in [5.41, 5.74) is 8.57. The molecule has 120 valence electrons. The lowest BCUT2D eigenvalue weighted by Gasteiger charge is -2.26. The Hall–Kier alpha value is -2.84. The zero-order valence-electron chi connectivity index (χ0n) is 13.4. The molecule has 1 atom stereocenters. The number of carbonyl (C=O) groups excluding carboxylic acids is 1. The van der Waals surface area contributed by atoms with Gasteiger partial charge >= 0.3 is 0 Å². The summed E-state index contributed by atoms with van der Waals surface area (Å²) in [6.45, 7) is 3.18. The number of nitrogens with zero attached hydrogens (tertiary/aromatic N) is 1. The summed E-state index contributed by atoms with van der Waals surface area (Å²) in [6, 6.07) is 14.0. The van der Waals surface area contributed by atoms with E-state index >= 15 is 0 Å². The predicted molar refractivity (Wildman–Crippen MR) is 93.8 cm³/mol. The third-order valence-electron chi connectivity index (χ3n) is 4.03. The van der Waals surface area contributed by atoms with Crippen LogP contribution in [0.25, 0.3) is 10.4 Å². The highest BCUT2D eigenvalue weighted by molar-refractivity contribution is 7.13. The van der Waals surface area contributed by atoms with Gasteiger partial charge in [-0.3, -0.25) is 4.79 Å². The minimum Gasteiger partial charge on any atom is -0.445 e. The number of carbonyl (C=O) groups is 1. The molecule has 5 heteroatoms. The standard InChI is InChI=1S/C19H16N2O2S/c1-11(22)17-12(2)23-19(21)15(10-20)18(17)14-7-5-13(6-8-14)16-4-3-9-24-16/h3-9,18H,21H2,1-2H3. The summed E-state index contributed by atoms with van der Waals surface area (Å²) < 4.78 is 5.39. The van der Waals surface area contributed by atoms with E-state index in [1.165, 1.54) is 11.8 Å². The quantitative estimate of drug-likeness (QED) is 0.916. The van der Waals surface area contributed by atoms with Crippen molar-refractivity contribution in [1.82, 2.24) is 0 Å². The molecule has 0 radical (unpaired) electrons. The van der Waals surface area contributed by atoms with Crippen LogP contribution in [0.2, 0.25) is 0 Å². The van der Waals surface area contributed by atoms with Crippen molar-refractivity contribution < 1.29 is 9.53 Å². The molecule has 3 rings (SSSR count). The van der Waals surface area contributed by atoms with Gasteiger partial charge in [0.15, 0.2) is 5.78 Å². The summed E-state index contributed by atoms with van der Waals surface area (Å²) in [5.74, 6) is -0.0996. The minimum absolute atomic E-state index is 0.0623. The zero-order chi connectivity index (χ0) is 17.3. The van der Waals surface area contributed by atoms with E-state index in [1.807, 2.05) is 35.7 Å². The van der Waals surface area contributed by atoms with Crippen molar-refractivity contribution in [1.29, 1.82) is 5.26 Å². The van der Waals surface area contributed by atoms with Crippen molar-refractivity contribution in [2.45, 2.75) is 19.8 Å². The average molecular weight is 336 g/mol. The van der Waals surface area contributed by atoms with Gasteiger partial charge in [0.1, 0.15) is 17.4 Å². The molecule has 1 aliphatic heterocycles. The first kappa shape index (κ1) is 16.0. The fourth-order valence-corrected chi connectivity index (χ4v) is 3.68. The molecule has 2 N–H and O–H groups in total. The topological polar surface area (TPSA) is 76.1 Å².